The van der Waals surface area contributed by atoms with Crippen LogP contribution in [0.25, 0.3) is 0 Å². The molecule has 0 aliphatic heterocycles. The number of carbonyl (C=O) groups is 2. The fraction of sp³-hybridized carbons (Fsp3) is 0.500. The quantitative estimate of drug-likeness (QED) is 0.507. The Bertz CT molecular complexity index is 224. The lowest BCUT2D eigenvalue weighted by atomic mass is 10.4. The molecular weight excluding hydrogens is 196 g/mol. The van der Waals surface area contributed by atoms with Gasteiger partial charge in [-0.05, 0) is 0 Å². The predicted molar refractivity (Wildman–Crippen MR) is 49.7 cm³/mol. The second-order valence-electron chi connectivity index (χ2n) is 1.95. The van der Waals surface area contributed by atoms with E-state index in [4.69, 9.17) is 5.26 Å². The van der Waals surface area contributed by atoms with Crippen molar-refractivity contribution in [3.05, 3.63) is 0 Å². The zero-order valence-electron chi connectivity index (χ0n) is 6.40. The minimum Gasteiger partial charge on any atom is -0.345 e. The second kappa shape index (κ2) is 5.91. The third-order valence-corrected chi connectivity index (χ3v) is 1.93. The van der Waals surface area contributed by atoms with Crippen LogP contribution in [-0.2, 0) is 9.59 Å². The molecule has 66 valence electrons. The summed E-state index contributed by atoms with van der Waals surface area (Å²) >= 11 is 4.37. The van der Waals surface area contributed by atoms with E-state index in [0.717, 1.165) is 0 Å². The molecule has 0 aliphatic carbocycles. The van der Waals surface area contributed by atoms with Gasteiger partial charge in [-0.25, -0.2) is 0 Å². The Kier molecular flexibility index (Phi) is 5.58. The number of nitriles is 1. The van der Waals surface area contributed by atoms with Crippen LogP contribution in [0.2, 0.25) is 0 Å². The highest BCUT2D eigenvalue weighted by Gasteiger charge is 2.17. The molecule has 4 nitrogen and oxygen atoms in total. The van der Waals surface area contributed by atoms with Gasteiger partial charge in [0, 0.05) is 24.4 Å². The topological polar surface area (TPSA) is 70.0 Å². The summed E-state index contributed by atoms with van der Waals surface area (Å²) in [6.45, 7) is 1.31. The molecule has 0 rings (SSSR count). The highest BCUT2D eigenvalue weighted by atomic mass is 32.2. The lowest BCUT2D eigenvalue weighted by Crippen LogP contribution is -2.39. The average Bonchev–Trinajstić information content (AvgIpc) is 2.00. The Morgan fingerprint density at radius 3 is 2.67 bits per heavy atom. The molecule has 0 aromatic carbocycles. The summed E-state index contributed by atoms with van der Waals surface area (Å²) in [5.41, 5.74) is 0. The maximum atomic E-state index is 11.0. The number of rotatable bonds is 3. The summed E-state index contributed by atoms with van der Waals surface area (Å²) < 4.78 is 0. The van der Waals surface area contributed by atoms with Gasteiger partial charge in [0.25, 0.3) is 0 Å². The van der Waals surface area contributed by atoms with E-state index in [1.165, 1.54) is 6.92 Å². The van der Waals surface area contributed by atoms with Crippen LogP contribution < -0.4 is 5.32 Å². The van der Waals surface area contributed by atoms with E-state index in [-0.39, 0.29) is 16.8 Å². The lowest BCUT2D eigenvalue weighted by Gasteiger charge is -2.10. The van der Waals surface area contributed by atoms with Gasteiger partial charge in [0.05, 0.1) is 0 Å². The van der Waals surface area contributed by atoms with Crippen molar-refractivity contribution in [1.29, 1.82) is 5.26 Å². The van der Waals surface area contributed by atoms with E-state index >= 15 is 0 Å². The zero-order chi connectivity index (χ0) is 9.56. The average molecular weight is 204 g/mol. The molecule has 0 aliphatic rings. The maximum absolute atomic E-state index is 11.0. The molecule has 1 N–H and O–H groups in total. The van der Waals surface area contributed by atoms with E-state index < -0.39 is 6.04 Å². The van der Waals surface area contributed by atoms with Crippen molar-refractivity contribution in [2.75, 3.05) is 5.75 Å². The molecule has 0 saturated heterocycles. The SMILES string of the molecule is CC(=O)N[C@@H](CS)C(=O)SC#N. The van der Waals surface area contributed by atoms with Gasteiger partial charge in [0.1, 0.15) is 11.4 Å². The Labute approximate surface area is 80.1 Å². The molecule has 0 bridgehead atoms. The van der Waals surface area contributed by atoms with Crippen LogP contribution in [0.4, 0.5) is 0 Å². The van der Waals surface area contributed by atoms with Gasteiger partial charge in [0.2, 0.25) is 11.0 Å². The molecule has 1 amide bonds. The number of hydrogen-bond donors (Lipinski definition) is 2. The Hall–Kier alpha value is -0.670. The molecule has 1 atom stereocenters. The molecule has 0 spiro atoms. The summed E-state index contributed by atoms with van der Waals surface area (Å²) in [5.74, 6) is -0.103. The number of carbonyl (C=O) groups excluding carboxylic acids is 2. The zero-order valence-corrected chi connectivity index (χ0v) is 8.11. The van der Waals surface area contributed by atoms with Crippen LogP contribution in [-0.4, -0.2) is 22.8 Å². The summed E-state index contributed by atoms with van der Waals surface area (Å²) in [6.07, 6.45) is 0. The van der Waals surface area contributed by atoms with Gasteiger partial charge in [-0.15, -0.1) is 0 Å². The molecule has 0 radical (unpaired) electrons. The minimum atomic E-state index is -0.671. The van der Waals surface area contributed by atoms with Crippen LogP contribution in [0.1, 0.15) is 6.92 Å². The number of thiol groups is 1. The van der Waals surface area contributed by atoms with Gasteiger partial charge in [-0.3, -0.25) is 9.59 Å². The van der Waals surface area contributed by atoms with Crippen LogP contribution in [0.15, 0.2) is 0 Å². The van der Waals surface area contributed by atoms with Crippen LogP contribution in [0, 0.1) is 10.7 Å². The molecule has 6 heteroatoms. The van der Waals surface area contributed by atoms with Crippen molar-refractivity contribution in [3.8, 4) is 5.40 Å². The fourth-order valence-electron chi connectivity index (χ4n) is 0.541. The molecule has 0 heterocycles. The molecule has 0 saturated carbocycles. The molecule has 0 fully saturated rings. The van der Waals surface area contributed by atoms with Crippen molar-refractivity contribution in [2.45, 2.75) is 13.0 Å². The minimum absolute atomic E-state index is 0.201. The Morgan fingerprint density at radius 1 is 1.75 bits per heavy atom. The first-order valence-corrected chi connectivity index (χ1v) is 4.54. The van der Waals surface area contributed by atoms with Crippen LogP contribution >= 0.6 is 24.4 Å². The first kappa shape index (κ1) is 11.3. The van der Waals surface area contributed by atoms with Crippen molar-refractivity contribution in [3.63, 3.8) is 0 Å². The lowest BCUT2D eigenvalue weighted by molar-refractivity contribution is -0.122. The van der Waals surface area contributed by atoms with Crippen molar-refractivity contribution >= 4 is 35.4 Å². The van der Waals surface area contributed by atoms with Crippen molar-refractivity contribution in [2.24, 2.45) is 0 Å². The van der Waals surface area contributed by atoms with Gasteiger partial charge in [-0.1, -0.05) is 0 Å². The largest absolute Gasteiger partial charge is 0.345 e. The van der Waals surface area contributed by atoms with Gasteiger partial charge in [0.15, 0.2) is 0 Å². The highest BCUT2D eigenvalue weighted by molar-refractivity contribution is 8.17. The number of amides is 1. The molecule has 0 aromatic rings. The normalized spacial score (nSPS) is 11.4. The fourth-order valence-corrected chi connectivity index (χ4v) is 1.30. The number of thioether (sulfide) groups is 1. The molecular formula is C6H8N2O2S2. The van der Waals surface area contributed by atoms with E-state index in [0.29, 0.717) is 11.8 Å². The summed E-state index contributed by atoms with van der Waals surface area (Å²) in [6, 6.07) is -0.671. The van der Waals surface area contributed by atoms with Gasteiger partial charge >= 0.3 is 0 Å². The van der Waals surface area contributed by atoms with Crippen LogP contribution in [0.3, 0.4) is 0 Å². The summed E-state index contributed by atoms with van der Waals surface area (Å²) in [7, 11) is 0. The van der Waals surface area contributed by atoms with E-state index in [1.807, 2.05) is 0 Å². The number of thiocyanates is 1. The third-order valence-electron chi connectivity index (χ3n) is 0.991. The number of nitrogens with zero attached hydrogens (tertiary/aromatic N) is 1. The van der Waals surface area contributed by atoms with E-state index in [1.54, 1.807) is 5.40 Å². The van der Waals surface area contributed by atoms with E-state index in [9.17, 15) is 9.59 Å². The van der Waals surface area contributed by atoms with Crippen molar-refractivity contribution in [1.82, 2.24) is 5.32 Å². The Morgan fingerprint density at radius 2 is 2.33 bits per heavy atom. The molecule has 12 heavy (non-hydrogen) atoms. The van der Waals surface area contributed by atoms with E-state index in [2.05, 4.69) is 17.9 Å². The summed E-state index contributed by atoms with van der Waals surface area (Å²) in [5, 5.41) is 11.8. The number of hydrogen-bond acceptors (Lipinski definition) is 5. The maximum Gasteiger partial charge on any atom is 0.226 e. The predicted octanol–water partition coefficient (Wildman–Crippen LogP) is 0.162. The highest BCUT2D eigenvalue weighted by Crippen LogP contribution is 2.04. The van der Waals surface area contributed by atoms with Gasteiger partial charge in [-0.2, -0.15) is 17.9 Å². The Balaban J connectivity index is 4.07. The van der Waals surface area contributed by atoms with Crippen molar-refractivity contribution < 1.29 is 9.59 Å². The summed E-state index contributed by atoms with van der Waals surface area (Å²) in [4.78, 5) is 21.5. The number of nitrogens with one attached hydrogen (secondary N) is 1. The molecule has 0 unspecified atom stereocenters. The smallest absolute Gasteiger partial charge is 0.226 e. The first-order valence-electron chi connectivity index (χ1n) is 3.09. The van der Waals surface area contributed by atoms with Gasteiger partial charge < -0.3 is 5.32 Å². The second-order valence-corrected chi connectivity index (χ2v) is 3.10. The van der Waals surface area contributed by atoms with Crippen LogP contribution in [0.5, 0.6) is 0 Å². The standard InChI is InChI=1S/C6H8N2O2S2/c1-4(9)8-5(2-11)6(10)12-3-7/h5,11H,2H2,1H3,(H,8,9)/t5-/m0/s1. The monoisotopic (exact) mass is 204 g/mol. The first-order chi connectivity index (χ1) is 5.61. The molecule has 0 aromatic heterocycles. The third kappa shape index (κ3) is 4.26.